The highest BCUT2D eigenvalue weighted by molar-refractivity contribution is 5.76. The van der Waals surface area contributed by atoms with Crippen LogP contribution in [0.2, 0.25) is 0 Å². The molecule has 0 spiro atoms. The zero-order chi connectivity index (χ0) is 14.5. The number of nitrogens with one attached hydrogen (secondary N) is 1. The van der Waals surface area contributed by atoms with Crippen LogP contribution in [0.25, 0.3) is 0 Å². The average Bonchev–Trinajstić information content (AvgIpc) is 2.75. The molecular formula is C16H27N3O. The lowest BCUT2D eigenvalue weighted by molar-refractivity contribution is -0.122. The van der Waals surface area contributed by atoms with Gasteiger partial charge in [0.05, 0.1) is 0 Å². The first-order valence-electron chi connectivity index (χ1n) is 7.87. The van der Waals surface area contributed by atoms with E-state index < -0.39 is 0 Å². The van der Waals surface area contributed by atoms with Crippen LogP contribution in [0.1, 0.15) is 63.1 Å². The van der Waals surface area contributed by atoms with Crippen molar-refractivity contribution in [3.05, 3.63) is 23.5 Å². The van der Waals surface area contributed by atoms with E-state index in [1.807, 2.05) is 4.57 Å². The van der Waals surface area contributed by atoms with Crippen LogP contribution in [0.5, 0.6) is 0 Å². The molecule has 1 atom stereocenters. The van der Waals surface area contributed by atoms with Crippen LogP contribution in [0.3, 0.4) is 0 Å². The van der Waals surface area contributed by atoms with Crippen LogP contribution < -0.4 is 11.1 Å². The van der Waals surface area contributed by atoms with Crippen molar-refractivity contribution in [2.75, 3.05) is 0 Å². The molecule has 4 nitrogen and oxygen atoms in total. The average molecular weight is 277 g/mol. The van der Waals surface area contributed by atoms with Gasteiger partial charge in [-0.1, -0.05) is 20.3 Å². The van der Waals surface area contributed by atoms with Crippen LogP contribution >= 0.6 is 0 Å². The second-order valence-corrected chi connectivity index (χ2v) is 5.84. The lowest BCUT2D eigenvalue weighted by Crippen LogP contribution is -2.36. The molecular weight excluding hydrogens is 250 g/mol. The number of carbonyl (C=O) groups is 1. The molecule has 0 fully saturated rings. The van der Waals surface area contributed by atoms with Crippen molar-refractivity contribution < 1.29 is 4.79 Å². The van der Waals surface area contributed by atoms with Crippen LogP contribution in [0, 0.1) is 0 Å². The minimum atomic E-state index is 0.0948. The van der Waals surface area contributed by atoms with E-state index >= 15 is 0 Å². The number of carbonyl (C=O) groups excluding carboxylic acids is 1. The first-order chi connectivity index (χ1) is 9.63. The summed E-state index contributed by atoms with van der Waals surface area (Å²) in [4.78, 5) is 12.0. The summed E-state index contributed by atoms with van der Waals surface area (Å²) in [5.41, 5.74) is 8.76. The molecule has 1 aliphatic rings. The van der Waals surface area contributed by atoms with E-state index in [0.717, 1.165) is 25.7 Å². The molecule has 3 N–H and O–H groups in total. The number of aryl methyl sites for hydroxylation is 1. The van der Waals surface area contributed by atoms with E-state index in [4.69, 9.17) is 5.73 Å². The maximum absolute atomic E-state index is 12.0. The predicted molar refractivity (Wildman–Crippen MR) is 81.4 cm³/mol. The van der Waals surface area contributed by atoms with E-state index in [0.29, 0.717) is 6.54 Å². The quantitative estimate of drug-likeness (QED) is 0.812. The molecule has 1 heterocycles. The Labute approximate surface area is 121 Å². The highest BCUT2D eigenvalue weighted by atomic mass is 16.2. The van der Waals surface area contributed by atoms with E-state index in [9.17, 15) is 4.79 Å². The van der Waals surface area contributed by atoms with E-state index in [1.54, 1.807) is 0 Å². The Morgan fingerprint density at radius 1 is 1.40 bits per heavy atom. The standard InChI is InChI=1S/C16H27N3O/c1-3-13(4-2)18-16(20)11-19-9-12-7-5-6-8-15(17)14(12)10-19/h9-10,13,15H,3-8,11,17H2,1-2H3,(H,18,20). The number of nitrogens with zero attached hydrogens (tertiary/aromatic N) is 1. The zero-order valence-electron chi connectivity index (χ0n) is 12.7. The lowest BCUT2D eigenvalue weighted by atomic mass is 10.1. The third kappa shape index (κ3) is 3.63. The van der Waals surface area contributed by atoms with Crippen LogP contribution in [0.4, 0.5) is 0 Å². The zero-order valence-corrected chi connectivity index (χ0v) is 12.7. The summed E-state index contributed by atoms with van der Waals surface area (Å²) in [6.07, 6.45) is 10.7. The third-order valence-electron chi connectivity index (χ3n) is 4.28. The molecule has 1 aromatic heterocycles. The Morgan fingerprint density at radius 3 is 2.85 bits per heavy atom. The first-order valence-corrected chi connectivity index (χ1v) is 7.87. The highest BCUT2D eigenvalue weighted by Gasteiger charge is 2.18. The molecule has 1 unspecified atom stereocenters. The monoisotopic (exact) mass is 277 g/mol. The van der Waals surface area contributed by atoms with E-state index in [2.05, 4.69) is 31.6 Å². The fourth-order valence-corrected chi connectivity index (χ4v) is 2.97. The SMILES string of the molecule is CCC(CC)NC(=O)Cn1cc2c(c1)C(N)CCCC2. The number of fused-ring (bicyclic) bond motifs is 1. The molecule has 0 saturated carbocycles. The smallest absolute Gasteiger partial charge is 0.240 e. The Morgan fingerprint density at radius 2 is 2.15 bits per heavy atom. The van der Waals surface area contributed by atoms with Gasteiger partial charge in [0.25, 0.3) is 0 Å². The summed E-state index contributed by atoms with van der Waals surface area (Å²) >= 11 is 0. The molecule has 4 heteroatoms. The number of aromatic nitrogens is 1. The summed E-state index contributed by atoms with van der Waals surface area (Å²) in [5.74, 6) is 0.0948. The van der Waals surface area contributed by atoms with Gasteiger partial charge in [0.15, 0.2) is 0 Å². The van der Waals surface area contributed by atoms with Crippen molar-refractivity contribution in [2.24, 2.45) is 5.73 Å². The van der Waals surface area contributed by atoms with Crippen LogP contribution in [-0.2, 0) is 17.8 Å². The Kier molecular flexibility index (Phi) is 5.24. The van der Waals surface area contributed by atoms with Crippen LogP contribution in [0.15, 0.2) is 12.4 Å². The van der Waals surface area contributed by atoms with Crippen LogP contribution in [-0.4, -0.2) is 16.5 Å². The van der Waals surface area contributed by atoms with Gasteiger partial charge >= 0.3 is 0 Å². The highest BCUT2D eigenvalue weighted by Crippen LogP contribution is 2.27. The van der Waals surface area contributed by atoms with E-state index in [-0.39, 0.29) is 18.0 Å². The van der Waals surface area contributed by atoms with Gasteiger partial charge in [-0.05, 0) is 43.2 Å². The van der Waals surface area contributed by atoms with Gasteiger partial charge in [-0.25, -0.2) is 0 Å². The first kappa shape index (κ1) is 15.1. The molecule has 0 aliphatic heterocycles. The molecule has 2 rings (SSSR count). The van der Waals surface area contributed by atoms with Gasteiger partial charge in [0, 0.05) is 24.5 Å². The van der Waals surface area contributed by atoms with Gasteiger partial charge in [-0.15, -0.1) is 0 Å². The lowest BCUT2D eigenvalue weighted by Gasteiger charge is -2.15. The van der Waals surface area contributed by atoms with Crippen molar-refractivity contribution in [1.82, 2.24) is 9.88 Å². The Balaban J connectivity index is 2.00. The molecule has 1 aromatic rings. The summed E-state index contributed by atoms with van der Waals surface area (Å²) in [6, 6.07) is 0.425. The summed E-state index contributed by atoms with van der Waals surface area (Å²) in [5, 5.41) is 3.08. The van der Waals surface area contributed by atoms with E-state index in [1.165, 1.54) is 24.0 Å². The van der Waals surface area contributed by atoms with Crippen molar-refractivity contribution >= 4 is 5.91 Å². The molecule has 0 bridgehead atoms. The van der Waals surface area contributed by atoms with Crippen molar-refractivity contribution in [2.45, 2.75) is 71.0 Å². The summed E-state index contributed by atoms with van der Waals surface area (Å²) in [6.45, 7) is 4.60. The molecule has 0 radical (unpaired) electrons. The molecule has 1 amide bonds. The summed E-state index contributed by atoms with van der Waals surface area (Å²) < 4.78 is 1.99. The predicted octanol–water partition coefficient (Wildman–Crippen LogP) is 2.52. The van der Waals surface area contributed by atoms with Crippen molar-refractivity contribution in [3.63, 3.8) is 0 Å². The van der Waals surface area contributed by atoms with Gasteiger partial charge in [-0.3, -0.25) is 4.79 Å². The number of amides is 1. The van der Waals surface area contributed by atoms with Crippen molar-refractivity contribution in [1.29, 1.82) is 0 Å². The van der Waals surface area contributed by atoms with Gasteiger partial charge < -0.3 is 15.6 Å². The largest absolute Gasteiger partial charge is 0.352 e. The second-order valence-electron chi connectivity index (χ2n) is 5.84. The molecule has 20 heavy (non-hydrogen) atoms. The number of nitrogens with two attached hydrogens (primary N) is 1. The normalized spacial score (nSPS) is 18.7. The molecule has 1 aliphatic carbocycles. The van der Waals surface area contributed by atoms with Crippen molar-refractivity contribution in [3.8, 4) is 0 Å². The molecule has 112 valence electrons. The summed E-state index contributed by atoms with van der Waals surface area (Å²) in [7, 11) is 0. The second kappa shape index (κ2) is 6.93. The minimum absolute atomic E-state index is 0.0948. The molecule has 0 aromatic carbocycles. The number of hydrogen-bond donors (Lipinski definition) is 2. The fourth-order valence-electron chi connectivity index (χ4n) is 2.97. The fraction of sp³-hybridized carbons (Fsp3) is 0.688. The topological polar surface area (TPSA) is 60.0 Å². The maximum atomic E-state index is 12.0. The van der Waals surface area contributed by atoms with Gasteiger partial charge in [0.1, 0.15) is 6.54 Å². The maximum Gasteiger partial charge on any atom is 0.240 e. The van der Waals surface area contributed by atoms with Gasteiger partial charge in [0.2, 0.25) is 5.91 Å². The third-order valence-corrected chi connectivity index (χ3v) is 4.28. The number of hydrogen-bond acceptors (Lipinski definition) is 2. The Hall–Kier alpha value is -1.29. The minimum Gasteiger partial charge on any atom is -0.352 e. The molecule has 0 saturated heterocycles. The Bertz CT molecular complexity index is 449. The van der Waals surface area contributed by atoms with Gasteiger partial charge in [-0.2, -0.15) is 0 Å². The number of rotatable bonds is 5.